The Morgan fingerprint density at radius 1 is 1.03 bits per heavy atom. The fourth-order valence-corrected chi connectivity index (χ4v) is 6.52. The van der Waals surface area contributed by atoms with Crippen LogP contribution in [0.15, 0.2) is 51.3 Å². The van der Waals surface area contributed by atoms with Gasteiger partial charge in [0.15, 0.2) is 30.5 Å². The molecule has 10 nitrogen and oxygen atoms in total. The number of hydrogen-bond donors (Lipinski definition) is 0. The highest BCUT2D eigenvalue weighted by molar-refractivity contribution is 7.92. The molecule has 36 heavy (non-hydrogen) atoms. The topological polar surface area (TPSA) is 125 Å². The maximum atomic E-state index is 13.4. The van der Waals surface area contributed by atoms with E-state index in [1.54, 1.807) is 0 Å². The minimum absolute atomic E-state index is 0.0188. The molecule has 0 saturated carbocycles. The second-order valence-electron chi connectivity index (χ2n) is 8.27. The third-order valence-corrected chi connectivity index (χ3v) is 9.71. The molecule has 0 atom stereocenters. The molecule has 0 fully saturated rings. The van der Waals surface area contributed by atoms with Gasteiger partial charge in [0.05, 0.1) is 16.2 Å². The fraction of sp³-hybridized carbons (Fsp3) is 0.286. The van der Waals surface area contributed by atoms with E-state index in [2.05, 4.69) is 9.97 Å². The number of fused-ring (bicyclic) bond motifs is 2. The maximum absolute atomic E-state index is 13.4. The highest BCUT2D eigenvalue weighted by atomic mass is 32.2. The summed E-state index contributed by atoms with van der Waals surface area (Å²) in [6.07, 6.45) is -0.567. The van der Waals surface area contributed by atoms with E-state index in [1.165, 1.54) is 53.4 Å². The first-order valence-corrected chi connectivity index (χ1v) is 13.7. The molecule has 15 heteroatoms. The standard InChI is InChI=1S/C21H18F3N5O5S2/c1-4-35(31,32)20-16(26-15-9-12(7-8-29(15)20)36(33,34)11-5-6-11)18-25-13-10-14(21(22,23)24)27(2)19(30)17(13)28(18)3/h5-11H,4H2,1-3H3. The van der Waals surface area contributed by atoms with Gasteiger partial charge < -0.3 is 9.13 Å². The Hall–Kier alpha value is -3.46. The van der Waals surface area contributed by atoms with Crippen molar-refractivity contribution in [3.8, 4) is 11.5 Å². The van der Waals surface area contributed by atoms with E-state index in [4.69, 9.17) is 0 Å². The molecule has 0 amide bonds. The lowest BCUT2D eigenvalue weighted by atomic mass is 10.3. The fourth-order valence-electron chi connectivity index (χ4n) is 4.02. The molecule has 190 valence electrons. The van der Waals surface area contributed by atoms with E-state index in [9.17, 15) is 34.8 Å². The molecule has 0 aromatic carbocycles. The third-order valence-electron chi connectivity index (χ3n) is 6.03. The van der Waals surface area contributed by atoms with Gasteiger partial charge in [-0.15, -0.1) is 0 Å². The molecule has 0 N–H and O–H groups in total. The second-order valence-corrected chi connectivity index (χ2v) is 12.6. The number of pyridine rings is 2. The molecule has 0 spiro atoms. The summed E-state index contributed by atoms with van der Waals surface area (Å²) in [5, 5.41) is -1.06. The predicted octanol–water partition coefficient (Wildman–Crippen LogP) is 2.11. The van der Waals surface area contributed by atoms with Crippen LogP contribution in [0.1, 0.15) is 12.6 Å². The minimum atomic E-state index is -4.82. The first-order chi connectivity index (χ1) is 16.7. The van der Waals surface area contributed by atoms with E-state index < -0.39 is 42.4 Å². The van der Waals surface area contributed by atoms with Gasteiger partial charge in [-0.05, 0) is 12.1 Å². The number of rotatable bonds is 5. The third kappa shape index (κ3) is 3.48. The van der Waals surface area contributed by atoms with E-state index >= 15 is 0 Å². The van der Waals surface area contributed by atoms with Crippen molar-refractivity contribution < 1.29 is 30.0 Å². The smallest absolute Gasteiger partial charge is 0.321 e. The summed E-state index contributed by atoms with van der Waals surface area (Å²) in [6.45, 7) is 1.40. The van der Waals surface area contributed by atoms with E-state index in [1.807, 2.05) is 0 Å². The van der Waals surface area contributed by atoms with Crippen LogP contribution >= 0.6 is 0 Å². The molecule has 1 aliphatic carbocycles. The van der Waals surface area contributed by atoms with Gasteiger partial charge in [0, 0.05) is 26.4 Å². The zero-order valence-corrected chi connectivity index (χ0v) is 20.6. The summed E-state index contributed by atoms with van der Waals surface area (Å²) < 4.78 is 94.6. The minimum Gasteiger partial charge on any atom is -0.321 e. The van der Waals surface area contributed by atoms with Crippen molar-refractivity contribution in [1.29, 1.82) is 0 Å². The molecule has 4 heterocycles. The first kappa shape index (κ1) is 24.2. The molecule has 0 bridgehead atoms. The predicted molar refractivity (Wildman–Crippen MR) is 123 cm³/mol. The van der Waals surface area contributed by atoms with Crippen molar-refractivity contribution in [2.24, 2.45) is 14.1 Å². The Morgan fingerprint density at radius 2 is 1.69 bits per heavy atom. The van der Waals surface area contributed by atoms with Crippen molar-refractivity contribution in [1.82, 2.24) is 23.5 Å². The van der Waals surface area contributed by atoms with Gasteiger partial charge in [-0.2, -0.15) is 13.2 Å². The molecular weight excluding hydrogens is 523 g/mol. The average Bonchev–Trinajstić information content (AvgIpc) is 3.51. The lowest BCUT2D eigenvalue weighted by Gasteiger charge is -2.11. The Balaban J connectivity index is 1.83. The van der Waals surface area contributed by atoms with Gasteiger partial charge in [0.25, 0.3) is 5.56 Å². The van der Waals surface area contributed by atoms with Gasteiger partial charge >= 0.3 is 6.18 Å². The molecule has 0 aliphatic heterocycles. The highest BCUT2D eigenvalue weighted by Gasteiger charge is 2.36. The monoisotopic (exact) mass is 541 g/mol. The number of aryl methyl sites for hydroxylation is 1. The van der Waals surface area contributed by atoms with Crippen LogP contribution < -0.4 is 5.56 Å². The summed E-state index contributed by atoms with van der Waals surface area (Å²) in [4.78, 5) is 21.2. The van der Waals surface area contributed by atoms with Crippen molar-refractivity contribution in [2.75, 3.05) is 5.75 Å². The number of halogens is 3. The van der Waals surface area contributed by atoms with Crippen molar-refractivity contribution >= 4 is 36.4 Å². The molecule has 0 unspecified atom stereocenters. The molecule has 1 aliphatic rings. The molecule has 4 aromatic heterocycles. The number of hydrogen-bond acceptors (Lipinski definition) is 7. The zero-order chi connectivity index (χ0) is 26.4. The van der Waals surface area contributed by atoms with Crippen LogP contribution in [0.25, 0.3) is 28.2 Å². The summed E-state index contributed by atoms with van der Waals surface area (Å²) in [5.41, 5.74) is -2.90. The Labute approximate surface area is 202 Å². The quantitative estimate of drug-likeness (QED) is 0.354. The zero-order valence-electron chi connectivity index (χ0n) is 19.0. The van der Waals surface area contributed by atoms with E-state index in [-0.39, 0.29) is 43.9 Å². The van der Waals surface area contributed by atoms with E-state index in [0.717, 1.165) is 7.05 Å². The Kier molecular flexibility index (Phi) is 5.07. The number of alkyl halides is 3. The number of imidazole rings is 2. The molecule has 0 saturated heterocycles. The SMILES string of the molecule is CCS(=O)(=O)c1c(-c2nc3cc(C(F)(F)F)n(C)c(=O)c3n2C)nc2cc(S(=O)(=O)C3C=C3)ccn12. The number of aromatic nitrogens is 5. The van der Waals surface area contributed by atoms with Crippen LogP contribution in [-0.4, -0.2) is 51.3 Å². The van der Waals surface area contributed by atoms with Gasteiger partial charge in [0.1, 0.15) is 27.8 Å². The number of nitrogens with zero attached hydrogens (tertiary/aromatic N) is 5. The van der Waals surface area contributed by atoms with Gasteiger partial charge in [-0.3, -0.25) is 9.20 Å². The Morgan fingerprint density at radius 3 is 2.28 bits per heavy atom. The van der Waals surface area contributed by atoms with Crippen LogP contribution in [0.2, 0.25) is 0 Å². The van der Waals surface area contributed by atoms with Crippen LogP contribution in [-0.2, 0) is 39.9 Å². The molecule has 5 rings (SSSR count). The van der Waals surface area contributed by atoms with Gasteiger partial charge in [-0.1, -0.05) is 19.1 Å². The van der Waals surface area contributed by atoms with Crippen molar-refractivity contribution in [3.63, 3.8) is 0 Å². The van der Waals surface area contributed by atoms with E-state index in [0.29, 0.717) is 10.6 Å². The van der Waals surface area contributed by atoms with Crippen LogP contribution in [0, 0.1) is 0 Å². The second kappa shape index (κ2) is 7.52. The van der Waals surface area contributed by atoms with Crippen LogP contribution in [0.5, 0.6) is 0 Å². The van der Waals surface area contributed by atoms with Gasteiger partial charge in [-0.25, -0.2) is 26.8 Å². The van der Waals surface area contributed by atoms with Crippen LogP contribution in [0.4, 0.5) is 13.2 Å². The van der Waals surface area contributed by atoms with Crippen molar-refractivity contribution in [2.45, 2.75) is 28.3 Å². The largest absolute Gasteiger partial charge is 0.431 e. The lowest BCUT2D eigenvalue weighted by Crippen LogP contribution is -2.26. The summed E-state index contributed by atoms with van der Waals surface area (Å²) in [5.74, 6) is -0.505. The maximum Gasteiger partial charge on any atom is 0.431 e. The van der Waals surface area contributed by atoms with Crippen LogP contribution in [0.3, 0.4) is 0 Å². The molecule has 4 aromatic rings. The summed E-state index contributed by atoms with van der Waals surface area (Å²) >= 11 is 0. The normalized spacial score (nSPS) is 14.8. The van der Waals surface area contributed by atoms with Gasteiger partial charge in [0.2, 0.25) is 0 Å². The van der Waals surface area contributed by atoms with Crippen molar-refractivity contribution in [3.05, 3.63) is 52.6 Å². The molecule has 0 radical (unpaired) electrons. The Bertz CT molecular complexity index is 1890. The number of sulfone groups is 2. The lowest BCUT2D eigenvalue weighted by molar-refractivity contribution is -0.143. The average molecular weight is 542 g/mol. The molecular formula is C21H18F3N5O5S2. The first-order valence-electron chi connectivity index (χ1n) is 10.5. The summed E-state index contributed by atoms with van der Waals surface area (Å²) in [6, 6.07) is 3.18. The summed E-state index contributed by atoms with van der Waals surface area (Å²) in [7, 11) is -5.36. The highest BCUT2D eigenvalue weighted by Crippen LogP contribution is 2.34.